The Bertz CT molecular complexity index is 1110. The summed E-state index contributed by atoms with van der Waals surface area (Å²) in [6.07, 6.45) is 0. The highest BCUT2D eigenvalue weighted by Crippen LogP contribution is 2.31. The van der Waals surface area contributed by atoms with Gasteiger partial charge < -0.3 is 5.11 Å². The third kappa shape index (κ3) is 3.44. The highest BCUT2D eigenvalue weighted by Gasteiger charge is 2.16. The quantitative estimate of drug-likeness (QED) is 0.423. The number of imidazole rings is 1. The molecule has 0 unspecified atom stereocenters. The minimum Gasteiger partial charge on any atom is -0.493 e. The Balaban J connectivity index is 1.71. The fourth-order valence-electron chi connectivity index (χ4n) is 3.00. The molecule has 0 radical (unpaired) electrons. The van der Waals surface area contributed by atoms with Crippen LogP contribution in [0.3, 0.4) is 0 Å². The first-order valence-electron chi connectivity index (χ1n) is 8.57. The van der Waals surface area contributed by atoms with Crippen LogP contribution in [0.25, 0.3) is 11.4 Å². The maximum atomic E-state index is 10.7. The topological polar surface area (TPSA) is 30.1 Å². The molecule has 3 aromatic carbocycles. The predicted octanol–water partition coefficient (Wildman–Crippen LogP) is 6.16. The second-order valence-corrected chi connectivity index (χ2v) is 7.62. The van der Waals surface area contributed by atoms with E-state index in [1.807, 2.05) is 84.3 Å². The fraction of sp³-hybridized carbons (Fsp3) is 0.0455. The van der Waals surface area contributed by atoms with Gasteiger partial charge in [0, 0.05) is 15.5 Å². The average Bonchev–Trinajstić information content (AvgIpc) is 2.93. The monoisotopic (exact) mass is 390 g/mol. The number of benzene rings is 3. The van der Waals surface area contributed by atoms with Gasteiger partial charge in [0.25, 0.3) is 0 Å². The number of aromatic nitrogens is 2. The van der Waals surface area contributed by atoms with Gasteiger partial charge in [-0.25, -0.2) is 0 Å². The van der Waals surface area contributed by atoms with E-state index in [0.29, 0.717) is 10.5 Å². The third-order valence-electron chi connectivity index (χ3n) is 4.34. The van der Waals surface area contributed by atoms with Crippen LogP contribution in [-0.2, 0) is 0 Å². The van der Waals surface area contributed by atoms with Crippen LogP contribution in [0.15, 0.2) is 94.7 Å². The Labute approximate surface area is 167 Å². The van der Waals surface area contributed by atoms with Crippen molar-refractivity contribution in [3.63, 3.8) is 0 Å². The molecule has 0 saturated heterocycles. The van der Waals surface area contributed by atoms with Crippen LogP contribution >= 0.6 is 24.0 Å². The lowest BCUT2D eigenvalue weighted by molar-refractivity contribution is 0.437. The lowest BCUT2D eigenvalue weighted by Gasteiger charge is -2.07. The Morgan fingerprint density at radius 1 is 0.704 bits per heavy atom. The summed E-state index contributed by atoms with van der Waals surface area (Å²) in [7, 11) is 0. The van der Waals surface area contributed by atoms with E-state index in [2.05, 4.69) is 12.1 Å². The molecule has 4 rings (SSSR count). The average molecular weight is 391 g/mol. The predicted molar refractivity (Wildman–Crippen MR) is 113 cm³/mol. The van der Waals surface area contributed by atoms with Gasteiger partial charge in [-0.05, 0) is 67.7 Å². The lowest BCUT2D eigenvalue weighted by atomic mass is 10.3. The maximum absolute atomic E-state index is 10.7. The zero-order chi connectivity index (χ0) is 18.8. The number of hydrogen-bond donors (Lipinski definition) is 1. The van der Waals surface area contributed by atoms with Crippen molar-refractivity contribution in [1.82, 2.24) is 9.13 Å². The molecule has 0 bridgehead atoms. The second kappa shape index (κ2) is 7.47. The van der Waals surface area contributed by atoms with Crippen LogP contribution < -0.4 is 0 Å². The molecule has 27 heavy (non-hydrogen) atoms. The molecule has 1 heterocycles. The number of aromatic hydroxyl groups is 1. The number of hydrogen-bond acceptors (Lipinski definition) is 3. The number of nitrogens with zero attached hydrogens (tertiary/aromatic N) is 2. The second-order valence-electron chi connectivity index (χ2n) is 6.11. The van der Waals surface area contributed by atoms with Crippen molar-refractivity contribution in [3.8, 4) is 17.3 Å². The van der Waals surface area contributed by atoms with Crippen LogP contribution in [-0.4, -0.2) is 14.2 Å². The van der Waals surface area contributed by atoms with E-state index in [0.717, 1.165) is 16.3 Å². The summed E-state index contributed by atoms with van der Waals surface area (Å²) in [6, 6.07) is 28.1. The first-order chi connectivity index (χ1) is 13.1. The van der Waals surface area contributed by atoms with Crippen molar-refractivity contribution >= 4 is 24.0 Å². The summed E-state index contributed by atoms with van der Waals surface area (Å²) in [5.41, 5.74) is 2.49. The van der Waals surface area contributed by atoms with Crippen LogP contribution in [0.4, 0.5) is 0 Å². The smallest absolute Gasteiger partial charge is 0.218 e. The molecule has 1 N–H and O–H groups in total. The molecule has 0 fully saturated rings. The molecular weight excluding hydrogens is 372 g/mol. The van der Waals surface area contributed by atoms with Crippen LogP contribution in [0.2, 0.25) is 0 Å². The summed E-state index contributed by atoms with van der Waals surface area (Å²) in [5, 5.41) is 10.7. The summed E-state index contributed by atoms with van der Waals surface area (Å²) < 4.78 is 4.13. The van der Waals surface area contributed by atoms with Crippen molar-refractivity contribution in [3.05, 3.63) is 95.4 Å². The molecule has 0 spiro atoms. The van der Waals surface area contributed by atoms with Gasteiger partial charge in [-0.3, -0.25) is 9.13 Å². The van der Waals surface area contributed by atoms with Crippen LogP contribution in [0.5, 0.6) is 5.88 Å². The maximum Gasteiger partial charge on any atom is 0.218 e. The van der Waals surface area contributed by atoms with E-state index >= 15 is 0 Å². The molecule has 0 aliphatic carbocycles. The van der Waals surface area contributed by atoms with Crippen molar-refractivity contribution in [2.24, 2.45) is 0 Å². The molecule has 1 aromatic heterocycles. The minimum absolute atomic E-state index is 0.160. The number of para-hydroxylation sites is 1. The van der Waals surface area contributed by atoms with E-state index in [1.54, 1.807) is 16.3 Å². The first-order valence-corrected chi connectivity index (χ1v) is 9.80. The largest absolute Gasteiger partial charge is 0.493 e. The summed E-state index contributed by atoms with van der Waals surface area (Å²) in [6.45, 7) is 1.87. The van der Waals surface area contributed by atoms with Crippen molar-refractivity contribution in [2.45, 2.75) is 16.7 Å². The van der Waals surface area contributed by atoms with E-state index in [4.69, 9.17) is 12.2 Å². The van der Waals surface area contributed by atoms with Gasteiger partial charge >= 0.3 is 0 Å². The first kappa shape index (κ1) is 17.6. The molecule has 0 aliphatic heterocycles. The molecule has 3 nitrogen and oxygen atoms in total. The summed E-state index contributed by atoms with van der Waals surface area (Å²) in [4.78, 5) is 2.32. The zero-order valence-corrected chi connectivity index (χ0v) is 16.4. The molecule has 134 valence electrons. The number of rotatable bonds is 4. The molecule has 4 aromatic rings. The van der Waals surface area contributed by atoms with Crippen LogP contribution in [0.1, 0.15) is 5.69 Å². The van der Waals surface area contributed by atoms with E-state index < -0.39 is 0 Å². The van der Waals surface area contributed by atoms with E-state index in [-0.39, 0.29) is 5.88 Å². The van der Waals surface area contributed by atoms with Crippen molar-refractivity contribution in [2.75, 3.05) is 0 Å². The highest BCUT2D eigenvalue weighted by molar-refractivity contribution is 7.99. The van der Waals surface area contributed by atoms with Gasteiger partial charge in [0.1, 0.15) is 0 Å². The van der Waals surface area contributed by atoms with Gasteiger partial charge in [-0.15, -0.1) is 0 Å². The van der Waals surface area contributed by atoms with Gasteiger partial charge in [0.05, 0.1) is 11.4 Å². The van der Waals surface area contributed by atoms with E-state index in [1.165, 1.54) is 4.90 Å². The van der Waals surface area contributed by atoms with Crippen molar-refractivity contribution in [1.29, 1.82) is 0 Å². The van der Waals surface area contributed by atoms with Gasteiger partial charge in [0.15, 0.2) is 4.77 Å². The Morgan fingerprint density at radius 2 is 1.22 bits per heavy atom. The summed E-state index contributed by atoms with van der Waals surface area (Å²) >= 11 is 7.36. The lowest BCUT2D eigenvalue weighted by Crippen LogP contribution is -1.98. The molecule has 5 heteroatoms. The molecule has 0 saturated carbocycles. The Morgan fingerprint density at radius 3 is 1.85 bits per heavy atom. The third-order valence-corrected chi connectivity index (χ3v) is 5.72. The van der Waals surface area contributed by atoms with Gasteiger partial charge in [-0.1, -0.05) is 48.2 Å². The highest BCUT2D eigenvalue weighted by atomic mass is 32.2. The SMILES string of the molecule is Cc1c(O)n(-c2ccc(Sc3ccccc3)cc2)c(=S)n1-c1ccccc1. The van der Waals surface area contributed by atoms with Gasteiger partial charge in [0.2, 0.25) is 5.88 Å². The summed E-state index contributed by atoms with van der Waals surface area (Å²) in [5.74, 6) is 0.160. The molecular formula is C22H18N2OS2. The van der Waals surface area contributed by atoms with Gasteiger partial charge in [-0.2, -0.15) is 0 Å². The molecule has 0 aliphatic rings. The van der Waals surface area contributed by atoms with Crippen molar-refractivity contribution < 1.29 is 5.11 Å². The van der Waals surface area contributed by atoms with E-state index in [9.17, 15) is 5.11 Å². The van der Waals surface area contributed by atoms with Crippen LogP contribution in [0, 0.1) is 11.7 Å². The standard InChI is InChI=1S/C22H18N2OS2/c1-16-21(25)24(22(26)23(16)17-8-4-2-5-9-17)18-12-14-20(15-13-18)27-19-10-6-3-7-11-19/h2-15,25H,1H3. The molecule has 0 atom stereocenters. The zero-order valence-electron chi connectivity index (χ0n) is 14.7. The fourth-order valence-corrected chi connectivity index (χ4v) is 4.27. The minimum atomic E-state index is 0.160. The Hall–Kier alpha value is -2.76. The normalized spacial score (nSPS) is 10.9. The molecule has 0 amide bonds. The Kier molecular flexibility index (Phi) is 4.88.